The SMILES string of the molecule is CCC(NC1CC2CCC1(C)C2(C)C)c1ccccc1F. The second-order valence-electron chi connectivity index (χ2n) is 7.81. The fourth-order valence-electron chi connectivity index (χ4n) is 4.88. The first-order valence-corrected chi connectivity index (χ1v) is 8.40. The van der Waals surface area contributed by atoms with Crippen LogP contribution in [0.3, 0.4) is 0 Å². The molecule has 0 spiro atoms. The number of nitrogens with one attached hydrogen (secondary N) is 1. The van der Waals surface area contributed by atoms with Crippen molar-refractivity contribution in [2.45, 2.75) is 65.5 Å². The molecule has 2 aliphatic carbocycles. The summed E-state index contributed by atoms with van der Waals surface area (Å²) in [6.07, 6.45) is 4.83. The van der Waals surface area contributed by atoms with Gasteiger partial charge >= 0.3 is 0 Å². The van der Waals surface area contributed by atoms with Crippen LogP contribution in [0.25, 0.3) is 0 Å². The maximum absolute atomic E-state index is 14.1. The molecule has 0 aliphatic heterocycles. The van der Waals surface area contributed by atoms with E-state index in [2.05, 4.69) is 33.0 Å². The van der Waals surface area contributed by atoms with E-state index >= 15 is 0 Å². The van der Waals surface area contributed by atoms with Crippen molar-refractivity contribution in [2.24, 2.45) is 16.7 Å². The van der Waals surface area contributed by atoms with Crippen LogP contribution >= 0.6 is 0 Å². The average Bonchev–Trinajstić information content (AvgIpc) is 2.78. The molecule has 2 heteroatoms. The molecule has 1 aromatic rings. The Balaban J connectivity index is 1.82. The molecule has 1 nitrogen and oxygen atoms in total. The molecule has 2 aliphatic rings. The molecule has 21 heavy (non-hydrogen) atoms. The smallest absolute Gasteiger partial charge is 0.127 e. The highest BCUT2D eigenvalue weighted by molar-refractivity contribution is 5.22. The number of halogens is 1. The molecule has 2 bridgehead atoms. The Morgan fingerprint density at radius 2 is 2.00 bits per heavy atom. The third kappa shape index (κ3) is 2.14. The van der Waals surface area contributed by atoms with Crippen molar-refractivity contribution in [1.29, 1.82) is 0 Å². The van der Waals surface area contributed by atoms with Gasteiger partial charge < -0.3 is 5.32 Å². The number of rotatable bonds is 4. The first kappa shape index (κ1) is 15.0. The largest absolute Gasteiger partial charge is 0.306 e. The highest BCUT2D eigenvalue weighted by atomic mass is 19.1. The van der Waals surface area contributed by atoms with Gasteiger partial charge in [-0.2, -0.15) is 0 Å². The number of hydrogen-bond acceptors (Lipinski definition) is 1. The maximum atomic E-state index is 14.1. The maximum Gasteiger partial charge on any atom is 0.127 e. The van der Waals surface area contributed by atoms with E-state index in [-0.39, 0.29) is 11.9 Å². The normalized spacial score (nSPS) is 35.1. The summed E-state index contributed by atoms with van der Waals surface area (Å²) >= 11 is 0. The van der Waals surface area contributed by atoms with E-state index in [1.807, 2.05) is 12.1 Å². The molecule has 0 aromatic heterocycles. The summed E-state index contributed by atoms with van der Waals surface area (Å²) in [7, 11) is 0. The average molecular weight is 289 g/mol. The van der Waals surface area contributed by atoms with Crippen LogP contribution in [0.15, 0.2) is 24.3 Å². The third-order valence-corrected chi connectivity index (χ3v) is 6.89. The lowest BCUT2D eigenvalue weighted by atomic mass is 9.69. The third-order valence-electron chi connectivity index (χ3n) is 6.89. The minimum Gasteiger partial charge on any atom is -0.306 e. The summed E-state index contributed by atoms with van der Waals surface area (Å²) in [4.78, 5) is 0. The summed E-state index contributed by atoms with van der Waals surface area (Å²) in [5.41, 5.74) is 1.57. The summed E-state index contributed by atoms with van der Waals surface area (Å²) < 4.78 is 14.1. The lowest BCUT2D eigenvalue weighted by Crippen LogP contribution is -2.45. The molecule has 4 atom stereocenters. The van der Waals surface area contributed by atoms with E-state index in [0.717, 1.165) is 17.9 Å². The standard InChI is InChI=1S/C19H28FN/c1-5-16(14-8-6-7-9-15(14)20)21-17-12-13-10-11-19(17,4)18(13,2)3/h6-9,13,16-17,21H,5,10-12H2,1-4H3. The molecule has 0 heterocycles. The van der Waals surface area contributed by atoms with Crippen molar-refractivity contribution in [3.8, 4) is 0 Å². The molecular weight excluding hydrogens is 261 g/mol. The van der Waals surface area contributed by atoms with Crippen LogP contribution in [0.5, 0.6) is 0 Å². The Bertz CT molecular complexity index is 524. The van der Waals surface area contributed by atoms with Crippen molar-refractivity contribution >= 4 is 0 Å². The van der Waals surface area contributed by atoms with Crippen molar-refractivity contribution in [3.63, 3.8) is 0 Å². The molecule has 1 aromatic carbocycles. The van der Waals surface area contributed by atoms with Crippen molar-refractivity contribution in [1.82, 2.24) is 5.32 Å². The lowest BCUT2D eigenvalue weighted by molar-refractivity contribution is 0.114. The summed E-state index contributed by atoms with van der Waals surface area (Å²) in [5, 5.41) is 3.81. The summed E-state index contributed by atoms with van der Waals surface area (Å²) in [5.74, 6) is 0.738. The topological polar surface area (TPSA) is 12.0 Å². The molecular formula is C19H28FN. The van der Waals surface area contributed by atoms with Gasteiger partial charge in [0.05, 0.1) is 0 Å². The van der Waals surface area contributed by atoms with Crippen molar-refractivity contribution in [3.05, 3.63) is 35.6 Å². The van der Waals surface area contributed by atoms with E-state index < -0.39 is 0 Å². The lowest BCUT2D eigenvalue weighted by Gasteiger charge is -2.41. The van der Waals surface area contributed by atoms with Gasteiger partial charge in [0.1, 0.15) is 5.82 Å². The Labute approximate surface area is 128 Å². The van der Waals surface area contributed by atoms with Gasteiger partial charge in [0.25, 0.3) is 0 Å². The molecule has 0 amide bonds. The first-order valence-electron chi connectivity index (χ1n) is 8.40. The van der Waals surface area contributed by atoms with Gasteiger partial charge in [-0.25, -0.2) is 4.39 Å². The summed E-state index contributed by atoms with van der Waals surface area (Å²) in [6, 6.07) is 7.85. The minimum absolute atomic E-state index is 0.0792. The fraction of sp³-hybridized carbons (Fsp3) is 0.684. The van der Waals surface area contributed by atoms with Gasteiger partial charge in [-0.1, -0.05) is 45.9 Å². The van der Waals surface area contributed by atoms with Crippen LogP contribution < -0.4 is 5.32 Å². The second kappa shape index (κ2) is 5.08. The zero-order valence-electron chi connectivity index (χ0n) is 13.7. The first-order chi connectivity index (χ1) is 9.90. The zero-order chi connectivity index (χ0) is 15.3. The van der Waals surface area contributed by atoms with E-state index in [1.54, 1.807) is 12.1 Å². The van der Waals surface area contributed by atoms with Gasteiger partial charge in [0.15, 0.2) is 0 Å². The summed E-state index contributed by atoms with van der Waals surface area (Å²) in [6.45, 7) is 9.43. The predicted octanol–water partition coefficient (Wildman–Crippen LogP) is 5.08. The van der Waals surface area contributed by atoms with Crippen LogP contribution in [-0.4, -0.2) is 6.04 Å². The molecule has 3 rings (SSSR count). The number of hydrogen-bond donors (Lipinski definition) is 1. The molecule has 0 saturated heterocycles. The van der Waals surface area contributed by atoms with E-state index in [9.17, 15) is 4.39 Å². The van der Waals surface area contributed by atoms with Gasteiger partial charge in [0, 0.05) is 17.6 Å². The van der Waals surface area contributed by atoms with Gasteiger partial charge in [-0.15, -0.1) is 0 Å². The van der Waals surface area contributed by atoms with Crippen LogP contribution in [0.2, 0.25) is 0 Å². The Hall–Kier alpha value is -0.890. The Morgan fingerprint density at radius 3 is 2.52 bits per heavy atom. The highest BCUT2D eigenvalue weighted by Gasteiger charge is 2.61. The second-order valence-corrected chi connectivity index (χ2v) is 7.81. The predicted molar refractivity (Wildman–Crippen MR) is 85.6 cm³/mol. The molecule has 1 N–H and O–H groups in total. The highest BCUT2D eigenvalue weighted by Crippen LogP contribution is 2.65. The van der Waals surface area contributed by atoms with Crippen molar-refractivity contribution < 1.29 is 4.39 Å². The van der Waals surface area contributed by atoms with E-state index in [1.165, 1.54) is 19.3 Å². The van der Waals surface area contributed by atoms with Crippen molar-refractivity contribution in [2.75, 3.05) is 0 Å². The van der Waals surface area contributed by atoms with Gasteiger partial charge in [0.2, 0.25) is 0 Å². The quantitative estimate of drug-likeness (QED) is 0.815. The monoisotopic (exact) mass is 289 g/mol. The van der Waals surface area contributed by atoms with E-state index in [0.29, 0.717) is 16.9 Å². The molecule has 4 unspecified atom stereocenters. The van der Waals surface area contributed by atoms with Gasteiger partial charge in [-0.05, 0) is 48.5 Å². The van der Waals surface area contributed by atoms with Crippen LogP contribution in [-0.2, 0) is 0 Å². The molecule has 2 saturated carbocycles. The molecule has 116 valence electrons. The van der Waals surface area contributed by atoms with E-state index in [4.69, 9.17) is 0 Å². The van der Waals surface area contributed by atoms with Crippen LogP contribution in [0, 0.1) is 22.6 Å². The Morgan fingerprint density at radius 1 is 1.29 bits per heavy atom. The fourth-order valence-corrected chi connectivity index (χ4v) is 4.88. The minimum atomic E-state index is -0.0792. The molecule has 2 fully saturated rings. The Kier molecular flexibility index (Phi) is 3.64. The van der Waals surface area contributed by atoms with Gasteiger partial charge in [-0.3, -0.25) is 0 Å². The van der Waals surface area contributed by atoms with Crippen LogP contribution in [0.4, 0.5) is 4.39 Å². The number of benzene rings is 1. The van der Waals surface area contributed by atoms with Crippen LogP contribution in [0.1, 0.15) is 65.0 Å². The molecule has 0 radical (unpaired) electrons. The zero-order valence-corrected chi connectivity index (χ0v) is 13.7. The number of fused-ring (bicyclic) bond motifs is 2.